The highest BCUT2D eigenvalue weighted by Crippen LogP contribution is 2.51. The number of halogens is 1. The van der Waals surface area contributed by atoms with Crippen molar-refractivity contribution in [3.8, 4) is 5.75 Å². The number of rotatable bonds is 6. The number of nitrogens with one attached hydrogen (secondary N) is 1. The lowest BCUT2D eigenvalue weighted by atomic mass is 9.76. The number of carboxylic acid groups (broad SMARTS) is 1. The topological polar surface area (TPSA) is 133 Å². The maximum absolute atomic E-state index is 12.8. The summed E-state index contributed by atoms with van der Waals surface area (Å²) < 4.78 is 0. The largest absolute Gasteiger partial charge is 0.508 e. The van der Waals surface area contributed by atoms with Crippen LogP contribution in [-0.4, -0.2) is 52.0 Å². The van der Waals surface area contributed by atoms with Gasteiger partial charge in [0.05, 0.1) is 11.8 Å². The van der Waals surface area contributed by atoms with Crippen LogP contribution in [-0.2, 0) is 14.4 Å². The maximum Gasteiger partial charge on any atom is 0.324 e. The minimum Gasteiger partial charge on any atom is -0.508 e. The van der Waals surface area contributed by atoms with Gasteiger partial charge in [0.1, 0.15) is 11.3 Å². The third-order valence-corrected chi connectivity index (χ3v) is 5.84. The van der Waals surface area contributed by atoms with Crippen molar-refractivity contribution in [1.29, 1.82) is 0 Å². The van der Waals surface area contributed by atoms with Crippen LogP contribution in [0.3, 0.4) is 0 Å². The van der Waals surface area contributed by atoms with Gasteiger partial charge in [0.15, 0.2) is 0 Å². The van der Waals surface area contributed by atoms with Crippen LogP contribution < -0.4 is 11.1 Å². The normalized spacial score (nSPS) is 30.0. The number of amides is 2. The first-order valence-electron chi connectivity index (χ1n) is 8.75. The van der Waals surface area contributed by atoms with Crippen molar-refractivity contribution in [2.45, 2.75) is 30.8 Å². The zero-order chi connectivity index (χ0) is 19.9. The second kappa shape index (κ2) is 7.10. The number of hydrogen-bond donors (Lipinski definition) is 4. The number of phenols is 1. The number of carboxylic acids is 1. The SMILES string of the molecule is CN1C(=O)C2C(c3cc(Cl)ccc3O)NC(CCCCN)(C(=O)O)C2C1=O. The standard InChI is InChI=1S/C18H22ClN3O5/c1-22-15(24)12-13(16(22)25)18(17(26)27,6-2-3-7-20)21-14(12)10-8-9(19)4-5-11(10)23/h4-5,8,12-14,21,23H,2-3,6-7,20H2,1H3,(H,26,27). The molecule has 2 amide bonds. The van der Waals surface area contributed by atoms with Gasteiger partial charge in [-0.05, 0) is 44.0 Å². The van der Waals surface area contributed by atoms with Gasteiger partial charge in [-0.15, -0.1) is 0 Å². The summed E-state index contributed by atoms with van der Waals surface area (Å²) in [7, 11) is 1.35. The molecule has 2 heterocycles. The van der Waals surface area contributed by atoms with E-state index in [1.165, 1.54) is 25.2 Å². The van der Waals surface area contributed by atoms with Crippen LogP contribution in [0.2, 0.25) is 5.02 Å². The fraction of sp³-hybridized carbons (Fsp3) is 0.500. The highest BCUT2D eigenvalue weighted by atomic mass is 35.5. The molecule has 0 aromatic heterocycles. The van der Waals surface area contributed by atoms with Crippen LogP contribution in [0.5, 0.6) is 5.75 Å². The molecule has 0 radical (unpaired) electrons. The first-order chi connectivity index (χ1) is 12.7. The Bertz CT molecular complexity index is 801. The fourth-order valence-corrected chi connectivity index (χ4v) is 4.45. The molecule has 0 aliphatic carbocycles. The molecule has 9 heteroatoms. The van der Waals surface area contributed by atoms with Crippen molar-refractivity contribution >= 4 is 29.4 Å². The van der Waals surface area contributed by atoms with E-state index in [9.17, 15) is 24.6 Å². The van der Waals surface area contributed by atoms with Crippen molar-refractivity contribution < 1.29 is 24.6 Å². The van der Waals surface area contributed by atoms with E-state index in [1.807, 2.05) is 0 Å². The van der Waals surface area contributed by atoms with Gasteiger partial charge in [-0.2, -0.15) is 0 Å². The van der Waals surface area contributed by atoms with E-state index in [0.717, 1.165) is 4.90 Å². The summed E-state index contributed by atoms with van der Waals surface area (Å²) in [5.41, 5.74) is 4.21. The van der Waals surface area contributed by atoms with Crippen LogP contribution >= 0.6 is 11.6 Å². The van der Waals surface area contributed by atoms with E-state index >= 15 is 0 Å². The Kier molecular flexibility index (Phi) is 5.16. The first kappa shape index (κ1) is 19.6. The van der Waals surface area contributed by atoms with Gasteiger partial charge in [0.25, 0.3) is 0 Å². The summed E-state index contributed by atoms with van der Waals surface area (Å²) in [6, 6.07) is 3.52. The van der Waals surface area contributed by atoms with Gasteiger partial charge in [-0.25, -0.2) is 0 Å². The summed E-state index contributed by atoms with van der Waals surface area (Å²) in [4.78, 5) is 38.8. The van der Waals surface area contributed by atoms with E-state index < -0.39 is 41.2 Å². The molecule has 4 atom stereocenters. The Morgan fingerprint density at radius 3 is 2.67 bits per heavy atom. The molecular weight excluding hydrogens is 374 g/mol. The van der Waals surface area contributed by atoms with E-state index in [1.54, 1.807) is 0 Å². The minimum atomic E-state index is -1.61. The number of hydrogen-bond acceptors (Lipinski definition) is 6. The quantitative estimate of drug-likeness (QED) is 0.415. The highest BCUT2D eigenvalue weighted by molar-refractivity contribution is 6.30. The van der Waals surface area contributed by atoms with Crippen LogP contribution in [0.15, 0.2) is 18.2 Å². The van der Waals surface area contributed by atoms with Crippen LogP contribution in [0.1, 0.15) is 30.9 Å². The summed E-state index contributed by atoms with van der Waals surface area (Å²) in [6.07, 6.45) is 1.23. The highest BCUT2D eigenvalue weighted by Gasteiger charge is 2.67. The Morgan fingerprint density at radius 2 is 2.04 bits per heavy atom. The van der Waals surface area contributed by atoms with E-state index in [4.69, 9.17) is 17.3 Å². The monoisotopic (exact) mass is 395 g/mol. The first-order valence-corrected chi connectivity index (χ1v) is 9.13. The number of carbonyl (C=O) groups excluding carboxylic acids is 2. The molecular formula is C18H22ClN3O5. The minimum absolute atomic E-state index is 0.117. The van der Waals surface area contributed by atoms with Gasteiger partial charge in [-0.3, -0.25) is 24.6 Å². The smallest absolute Gasteiger partial charge is 0.324 e. The molecule has 146 valence electrons. The van der Waals surface area contributed by atoms with Crippen molar-refractivity contribution in [3.05, 3.63) is 28.8 Å². The molecule has 1 aromatic carbocycles. The number of likely N-dealkylation sites (tertiary alicyclic amines) is 1. The van der Waals surface area contributed by atoms with Crippen LogP contribution in [0.4, 0.5) is 0 Å². The molecule has 27 heavy (non-hydrogen) atoms. The molecule has 4 unspecified atom stereocenters. The third-order valence-electron chi connectivity index (χ3n) is 5.61. The van der Waals surface area contributed by atoms with E-state index in [2.05, 4.69) is 5.32 Å². The van der Waals surface area contributed by atoms with Crippen molar-refractivity contribution in [1.82, 2.24) is 10.2 Å². The Labute approximate surface area is 161 Å². The number of phenolic OH excluding ortho intramolecular Hbond substituents is 1. The molecule has 5 N–H and O–H groups in total. The molecule has 0 bridgehead atoms. The molecule has 2 fully saturated rings. The fourth-order valence-electron chi connectivity index (χ4n) is 4.27. The Morgan fingerprint density at radius 1 is 1.33 bits per heavy atom. The number of unbranched alkanes of at least 4 members (excludes halogenated alkanes) is 1. The maximum atomic E-state index is 12.8. The Hall–Kier alpha value is -2.16. The van der Waals surface area contributed by atoms with Crippen LogP contribution in [0, 0.1) is 11.8 Å². The molecule has 3 rings (SSSR count). The van der Waals surface area contributed by atoms with Crippen LogP contribution in [0.25, 0.3) is 0 Å². The zero-order valence-corrected chi connectivity index (χ0v) is 15.6. The molecule has 2 saturated heterocycles. The molecule has 2 aliphatic rings. The number of carbonyl (C=O) groups is 3. The van der Waals surface area contributed by atoms with Crippen molar-refractivity contribution in [2.24, 2.45) is 17.6 Å². The third kappa shape index (κ3) is 2.97. The lowest BCUT2D eigenvalue weighted by Gasteiger charge is -2.30. The van der Waals surface area contributed by atoms with Gasteiger partial charge in [0, 0.05) is 23.7 Å². The number of aromatic hydroxyl groups is 1. The van der Waals surface area contributed by atoms with E-state index in [-0.39, 0.29) is 12.2 Å². The van der Waals surface area contributed by atoms with E-state index in [0.29, 0.717) is 30.0 Å². The number of nitrogens with zero attached hydrogens (tertiary/aromatic N) is 1. The number of nitrogens with two attached hydrogens (primary N) is 1. The molecule has 0 spiro atoms. The average molecular weight is 396 g/mol. The number of aliphatic carboxylic acids is 1. The second-order valence-electron chi connectivity index (χ2n) is 7.09. The zero-order valence-electron chi connectivity index (χ0n) is 14.8. The molecule has 0 saturated carbocycles. The van der Waals surface area contributed by atoms with Gasteiger partial charge in [0.2, 0.25) is 11.8 Å². The van der Waals surface area contributed by atoms with Gasteiger partial charge in [-0.1, -0.05) is 11.6 Å². The molecule has 1 aromatic rings. The number of imide groups is 1. The predicted octanol–water partition coefficient (Wildman–Crippen LogP) is 0.873. The van der Waals surface area contributed by atoms with Crippen molar-refractivity contribution in [3.63, 3.8) is 0 Å². The summed E-state index contributed by atoms with van der Waals surface area (Å²) >= 11 is 6.04. The van der Waals surface area contributed by atoms with Gasteiger partial charge < -0.3 is 15.9 Å². The summed E-state index contributed by atoms with van der Waals surface area (Å²) in [5.74, 6) is -4.31. The van der Waals surface area contributed by atoms with Crippen molar-refractivity contribution in [2.75, 3.05) is 13.6 Å². The number of benzene rings is 1. The number of fused-ring (bicyclic) bond motifs is 1. The second-order valence-corrected chi connectivity index (χ2v) is 7.52. The molecule has 8 nitrogen and oxygen atoms in total. The average Bonchev–Trinajstić information content (AvgIpc) is 3.08. The summed E-state index contributed by atoms with van der Waals surface area (Å²) in [5, 5.41) is 23.6. The Balaban J connectivity index is 2.11. The lowest BCUT2D eigenvalue weighted by Crippen LogP contribution is -2.55. The summed E-state index contributed by atoms with van der Waals surface area (Å²) in [6.45, 7) is 0.398. The lowest BCUT2D eigenvalue weighted by molar-refractivity contribution is -0.151. The molecule has 2 aliphatic heterocycles. The predicted molar refractivity (Wildman–Crippen MR) is 97.0 cm³/mol. The van der Waals surface area contributed by atoms with Gasteiger partial charge >= 0.3 is 5.97 Å².